The van der Waals surface area contributed by atoms with E-state index in [0.717, 1.165) is 0 Å². The molecule has 0 saturated carbocycles. The minimum Gasteiger partial charge on any atom is -0.345 e. The summed E-state index contributed by atoms with van der Waals surface area (Å²) in [5.74, 6) is 0. The van der Waals surface area contributed by atoms with E-state index in [2.05, 4.69) is 183 Å². The van der Waals surface area contributed by atoms with Crippen LogP contribution < -0.4 is 4.90 Å². The first-order valence-electron chi connectivity index (χ1n) is 15.8. The van der Waals surface area contributed by atoms with Crippen molar-refractivity contribution in [2.45, 2.75) is 19.8 Å². The normalized spacial score (nSPS) is 12.3. The van der Waals surface area contributed by atoms with Gasteiger partial charge in [-0.3, -0.25) is 0 Å². The van der Waals surface area contributed by atoms with E-state index < -0.39 is 0 Å². The number of aryl methyl sites for hydroxylation is 3. The largest absolute Gasteiger partial charge is 0.345 e. The van der Waals surface area contributed by atoms with Gasteiger partial charge in [0.05, 0.1) is 0 Å². The van der Waals surface area contributed by atoms with Crippen LogP contribution in [0.5, 0.6) is 0 Å². The van der Waals surface area contributed by atoms with Gasteiger partial charge in [-0.15, -0.1) is 0 Å². The van der Waals surface area contributed by atoms with Gasteiger partial charge in [0.25, 0.3) is 0 Å². The molecule has 45 heavy (non-hydrogen) atoms. The Kier molecular flexibility index (Phi) is 8.00. The van der Waals surface area contributed by atoms with Crippen molar-refractivity contribution in [3.05, 3.63) is 178 Å². The molecule has 6 aromatic carbocycles. The average molecular weight is 580 g/mol. The van der Waals surface area contributed by atoms with Gasteiger partial charge in [-0.2, -0.15) is 0 Å². The SMILES string of the molecule is Cc1ccc(/C=C/c2ccc(-c3ccc(/C=C/c4ccc(N(C)c5ccc(-c6ccc7c(c6)CC7)cc5)cc4)cc3)cc2)cc1. The second-order valence-electron chi connectivity index (χ2n) is 12.0. The van der Waals surface area contributed by atoms with Crippen molar-refractivity contribution >= 4 is 35.7 Å². The van der Waals surface area contributed by atoms with Gasteiger partial charge >= 0.3 is 0 Å². The maximum Gasteiger partial charge on any atom is 0.0408 e. The molecule has 0 heterocycles. The summed E-state index contributed by atoms with van der Waals surface area (Å²) >= 11 is 0. The van der Waals surface area contributed by atoms with Crippen molar-refractivity contribution in [3.8, 4) is 22.3 Å². The van der Waals surface area contributed by atoms with Crippen molar-refractivity contribution in [1.29, 1.82) is 0 Å². The quantitative estimate of drug-likeness (QED) is 0.162. The minimum absolute atomic E-state index is 1.17. The fourth-order valence-electron chi connectivity index (χ4n) is 5.85. The second-order valence-corrected chi connectivity index (χ2v) is 12.0. The Balaban J connectivity index is 0.956. The van der Waals surface area contributed by atoms with E-state index in [1.807, 2.05) is 0 Å². The Labute approximate surface area is 267 Å². The first kappa shape index (κ1) is 28.4. The van der Waals surface area contributed by atoms with Crippen molar-refractivity contribution in [2.24, 2.45) is 0 Å². The van der Waals surface area contributed by atoms with Crippen molar-refractivity contribution in [1.82, 2.24) is 0 Å². The summed E-state index contributed by atoms with van der Waals surface area (Å²) in [6, 6.07) is 50.6. The molecular formula is C44H37N. The summed E-state index contributed by atoms with van der Waals surface area (Å²) in [4.78, 5) is 2.24. The maximum absolute atomic E-state index is 2.35. The van der Waals surface area contributed by atoms with Crippen molar-refractivity contribution in [2.75, 3.05) is 11.9 Å². The van der Waals surface area contributed by atoms with E-state index in [-0.39, 0.29) is 0 Å². The van der Waals surface area contributed by atoms with Crippen LogP contribution in [0.4, 0.5) is 11.4 Å². The molecule has 0 bridgehead atoms. The summed E-state index contributed by atoms with van der Waals surface area (Å²) in [7, 11) is 2.13. The number of anilines is 2. The smallest absolute Gasteiger partial charge is 0.0408 e. The predicted molar refractivity (Wildman–Crippen MR) is 195 cm³/mol. The zero-order valence-electron chi connectivity index (χ0n) is 25.9. The maximum atomic E-state index is 2.35. The molecule has 0 radical (unpaired) electrons. The lowest BCUT2D eigenvalue weighted by molar-refractivity contribution is 0.840. The van der Waals surface area contributed by atoms with Crippen LogP contribution in [0.1, 0.15) is 38.9 Å². The molecule has 0 aliphatic heterocycles. The third kappa shape index (κ3) is 6.59. The predicted octanol–water partition coefficient (Wildman–Crippen LogP) is 11.5. The molecule has 0 fully saturated rings. The lowest BCUT2D eigenvalue weighted by Gasteiger charge is -2.21. The number of benzene rings is 6. The molecule has 0 saturated heterocycles. The van der Waals surface area contributed by atoms with Gasteiger partial charge in [0, 0.05) is 18.4 Å². The summed E-state index contributed by atoms with van der Waals surface area (Å²) in [5, 5.41) is 0. The number of hydrogen-bond acceptors (Lipinski definition) is 1. The van der Waals surface area contributed by atoms with Gasteiger partial charge in [0.1, 0.15) is 0 Å². The summed E-state index contributed by atoms with van der Waals surface area (Å²) < 4.78 is 0. The molecule has 0 atom stereocenters. The summed E-state index contributed by atoms with van der Waals surface area (Å²) in [6.07, 6.45) is 11.1. The van der Waals surface area contributed by atoms with E-state index in [9.17, 15) is 0 Å². The Bertz CT molecular complexity index is 1960. The fraction of sp³-hybridized carbons (Fsp3) is 0.0909. The molecule has 0 amide bonds. The van der Waals surface area contributed by atoms with Gasteiger partial charge in [0.2, 0.25) is 0 Å². The van der Waals surface area contributed by atoms with Crippen LogP contribution in [0.15, 0.2) is 140 Å². The van der Waals surface area contributed by atoms with E-state index in [1.165, 1.54) is 85.4 Å². The highest BCUT2D eigenvalue weighted by molar-refractivity contribution is 5.76. The van der Waals surface area contributed by atoms with E-state index >= 15 is 0 Å². The van der Waals surface area contributed by atoms with Crippen molar-refractivity contribution in [3.63, 3.8) is 0 Å². The second kappa shape index (κ2) is 12.7. The van der Waals surface area contributed by atoms with E-state index in [4.69, 9.17) is 0 Å². The van der Waals surface area contributed by atoms with Gasteiger partial charge in [-0.1, -0.05) is 145 Å². The summed E-state index contributed by atoms with van der Waals surface area (Å²) in [6.45, 7) is 2.11. The lowest BCUT2D eigenvalue weighted by atomic mass is 9.86. The molecule has 7 rings (SSSR count). The zero-order chi connectivity index (χ0) is 30.6. The van der Waals surface area contributed by atoms with Crippen LogP contribution >= 0.6 is 0 Å². The Hall–Kier alpha value is -5.40. The monoisotopic (exact) mass is 579 g/mol. The molecule has 0 N–H and O–H groups in total. The first-order chi connectivity index (χ1) is 22.1. The molecule has 0 spiro atoms. The fourth-order valence-corrected chi connectivity index (χ4v) is 5.85. The van der Waals surface area contributed by atoms with Gasteiger partial charge < -0.3 is 4.90 Å². The minimum atomic E-state index is 1.17. The Morgan fingerprint density at radius 1 is 0.400 bits per heavy atom. The van der Waals surface area contributed by atoms with E-state index in [0.29, 0.717) is 0 Å². The number of fused-ring (bicyclic) bond motifs is 1. The number of rotatable bonds is 8. The molecule has 1 aliphatic carbocycles. The van der Waals surface area contributed by atoms with Crippen LogP contribution in [0.2, 0.25) is 0 Å². The summed E-state index contributed by atoms with van der Waals surface area (Å²) in [5.41, 5.74) is 16.4. The van der Waals surface area contributed by atoms with Crippen LogP contribution in [0.25, 0.3) is 46.6 Å². The molecule has 1 heteroatoms. The highest BCUT2D eigenvalue weighted by Gasteiger charge is 2.13. The molecular weight excluding hydrogens is 542 g/mol. The van der Waals surface area contributed by atoms with Gasteiger partial charge in [-0.05, 0) is 99.7 Å². The van der Waals surface area contributed by atoms with E-state index in [1.54, 1.807) is 0 Å². The molecule has 6 aromatic rings. The van der Waals surface area contributed by atoms with Crippen LogP contribution in [-0.4, -0.2) is 7.05 Å². The zero-order valence-corrected chi connectivity index (χ0v) is 25.9. The van der Waals surface area contributed by atoms with Crippen LogP contribution in [0, 0.1) is 6.92 Å². The third-order valence-electron chi connectivity index (χ3n) is 8.91. The third-order valence-corrected chi connectivity index (χ3v) is 8.91. The molecule has 0 aromatic heterocycles. The molecule has 1 aliphatic rings. The average Bonchev–Trinajstić information content (AvgIpc) is 3.08. The topological polar surface area (TPSA) is 3.24 Å². The van der Waals surface area contributed by atoms with Crippen LogP contribution in [0.3, 0.4) is 0 Å². The Morgan fingerprint density at radius 3 is 1.20 bits per heavy atom. The number of nitrogens with zero attached hydrogens (tertiary/aromatic N) is 1. The first-order valence-corrected chi connectivity index (χ1v) is 15.8. The van der Waals surface area contributed by atoms with Gasteiger partial charge in [-0.25, -0.2) is 0 Å². The molecule has 1 nitrogen and oxygen atoms in total. The van der Waals surface area contributed by atoms with Crippen molar-refractivity contribution < 1.29 is 0 Å². The highest BCUT2D eigenvalue weighted by Crippen LogP contribution is 2.31. The standard InChI is InChI=1S/C44H37N/c1-32-3-5-33(6-4-32)7-8-34-11-17-37(18-12-34)38-19-13-35(14-20-38)9-10-36-15-27-43(28-16-36)45(2)44-29-25-40(26-30-44)42-24-22-39-21-23-41(39)31-42/h3-20,22,24-31H,21,23H2,1-2H3/b8-7+,10-9+. The number of hydrogen-bond donors (Lipinski definition) is 0. The van der Waals surface area contributed by atoms with Gasteiger partial charge in [0.15, 0.2) is 0 Å². The molecule has 218 valence electrons. The van der Waals surface area contributed by atoms with Crippen LogP contribution in [-0.2, 0) is 12.8 Å². The Morgan fingerprint density at radius 2 is 0.756 bits per heavy atom. The highest BCUT2D eigenvalue weighted by atomic mass is 15.1. The molecule has 0 unspecified atom stereocenters. The lowest BCUT2D eigenvalue weighted by Crippen LogP contribution is -2.09.